The Labute approximate surface area is 164 Å². The first-order valence-corrected chi connectivity index (χ1v) is 10.3. The predicted octanol–water partition coefficient (Wildman–Crippen LogP) is 6.34. The highest BCUT2D eigenvalue weighted by Crippen LogP contribution is 2.47. The number of fused-ring (bicyclic) bond motifs is 5. The quantitative estimate of drug-likeness (QED) is 0.439. The van der Waals surface area contributed by atoms with Gasteiger partial charge in [-0.15, -0.1) is 0 Å². The Hall–Kier alpha value is -2.69. The minimum atomic E-state index is -0.262. The number of pyridine rings is 1. The van der Waals surface area contributed by atoms with E-state index in [1.54, 1.807) is 6.20 Å². The highest BCUT2D eigenvalue weighted by Gasteiger charge is 2.37. The van der Waals surface area contributed by atoms with Crippen LogP contribution in [0.2, 0.25) is 0 Å². The Kier molecular flexibility index (Phi) is 4.18. The summed E-state index contributed by atoms with van der Waals surface area (Å²) in [4.78, 5) is 13.3. The van der Waals surface area contributed by atoms with Gasteiger partial charge in [0.15, 0.2) is 0 Å². The number of benzene rings is 1. The molecule has 0 atom stereocenters. The third-order valence-corrected chi connectivity index (χ3v) is 6.31. The number of rotatable bonds is 3. The van der Waals surface area contributed by atoms with Gasteiger partial charge in [-0.25, -0.2) is 14.4 Å². The molecule has 5 heteroatoms. The number of halogens is 1. The van der Waals surface area contributed by atoms with Gasteiger partial charge in [0.25, 0.3) is 0 Å². The lowest BCUT2D eigenvalue weighted by Gasteiger charge is -2.35. The first kappa shape index (κ1) is 17.4. The molecule has 1 fully saturated rings. The second-order valence-corrected chi connectivity index (χ2v) is 8.11. The number of aromatic amines is 1. The molecule has 1 aliphatic heterocycles. The summed E-state index contributed by atoms with van der Waals surface area (Å²) in [7, 11) is 0. The van der Waals surface area contributed by atoms with Crippen LogP contribution in [-0.2, 0) is 5.41 Å². The highest BCUT2D eigenvalue weighted by molar-refractivity contribution is 5.94. The van der Waals surface area contributed by atoms with Crippen LogP contribution in [0.25, 0.3) is 22.5 Å². The number of hydrogen-bond acceptors (Lipinski definition) is 3. The van der Waals surface area contributed by atoms with Crippen molar-refractivity contribution in [2.24, 2.45) is 0 Å². The molecule has 144 valence electrons. The van der Waals surface area contributed by atoms with Crippen molar-refractivity contribution in [1.82, 2.24) is 15.0 Å². The van der Waals surface area contributed by atoms with E-state index in [0.29, 0.717) is 0 Å². The van der Waals surface area contributed by atoms with Crippen LogP contribution in [-0.4, -0.2) is 15.0 Å². The Morgan fingerprint density at radius 1 is 1.11 bits per heavy atom. The van der Waals surface area contributed by atoms with Crippen LogP contribution in [0, 0.1) is 5.82 Å². The number of nitrogens with zero attached hydrogens (tertiary/aromatic N) is 2. The zero-order chi connectivity index (χ0) is 19.1. The summed E-state index contributed by atoms with van der Waals surface area (Å²) in [5.74, 6) is 1.55. The molecule has 2 aromatic heterocycles. The summed E-state index contributed by atoms with van der Waals surface area (Å²) < 4.78 is 14.0. The Bertz CT molecular complexity index is 1010. The third kappa shape index (κ3) is 2.72. The SMILES string of the molecule is CCCC1(c2nc3c([nH]2)-c2ccc(F)cc2Nc2ncccc2-3)CCCCC1. The molecular formula is C23H25FN4. The van der Waals surface area contributed by atoms with Gasteiger partial charge in [0.2, 0.25) is 0 Å². The van der Waals surface area contributed by atoms with Gasteiger partial charge < -0.3 is 10.3 Å². The van der Waals surface area contributed by atoms with E-state index in [4.69, 9.17) is 4.98 Å². The molecule has 3 aromatic rings. The van der Waals surface area contributed by atoms with Gasteiger partial charge in [0, 0.05) is 22.7 Å². The van der Waals surface area contributed by atoms with E-state index in [-0.39, 0.29) is 11.2 Å². The first-order valence-electron chi connectivity index (χ1n) is 10.3. The standard InChI is InChI=1S/C23H25FN4/c1-2-10-23(11-4-3-5-12-23)22-27-19-16-9-8-15(24)14-18(16)26-21-17(20(19)28-22)7-6-13-25-21/h6-9,13-14H,2-5,10-12H2,1H3,(H,25,26)(H,27,28). The van der Waals surface area contributed by atoms with Crippen LogP contribution in [0.15, 0.2) is 36.5 Å². The summed E-state index contributed by atoms with van der Waals surface area (Å²) in [5.41, 5.74) is 4.62. The van der Waals surface area contributed by atoms with Crippen LogP contribution in [0.1, 0.15) is 57.7 Å². The second-order valence-electron chi connectivity index (χ2n) is 8.11. The average Bonchev–Trinajstić information content (AvgIpc) is 3.10. The molecule has 0 radical (unpaired) electrons. The van der Waals surface area contributed by atoms with Crippen LogP contribution in [0.4, 0.5) is 15.9 Å². The summed E-state index contributed by atoms with van der Waals surface area (Å²) in [6.07, 6.45) is 10.2. The maximum absolute atomic E-state index is 14.0. The van der Waals surface area contributed by atoms with Crippen molar-refractivity contribution in [3.8, 4) is 22.5 Å². The fraction of sp³-hybridized carbons (Fsp3) is 0.391. The van der Waals surface area contributed by atoms with Crippen molar-refractivity contribution in [2.45, 2.75) is 57.3 Å². The van der Waals surface area contributed by atoms with E-state index < -0.39 is 0 Å². The van der Waals surface area contributed by atoms with Crippen molar-refractivity contribution in [1.29, 1.82) is 0 Å². The predicted molar refractivity (Wildman–Crippen MR) is 110 cm³/mol. The molecule has 1 aliphatic carbocycles. The molecular weight excluding hydrogens is 351 g/mol. The van der Waals surface area contributed by atoms with Gasteiger partial charge in [0.1, 0.15) is 23.2 Å². The summed E-state index contributed by atoms with van der Waals surface area (Å²) in [6, 6.07) is 8.84. The molecule has 1 saturated carbocycles. The topological polar surface area (TPSA) is 53.6 Å². The molecule has 3 heterocycles. The van der Waals surface area contributed by atoms with Crippen molar-refractivity contribution in [2.75, 3.05) is 5.32 Å². The molecule has 5 rings (SSSR count). The van der Waals surface area contributed by atoms with Crippen LogP contribution in [0.5, 0.6) is 0 Å². The van der Waals surface area contributed by atoms with E-state index in [1.807, 2.05) is 18.2 Å². The minimum absolute atomic E-state index is 0.120. The zero-order valence-corrected chi connectivity index (χ0v) is 16.2. The van der Waals surface area contributed by atoms with Gasteiger partial charge >= 0.3 is 0 Å². The lowest BCUT2D eigenvalue weighted by molar-refractivity contribution is 0.259. The maximum Gasteiger partial charge on any atom is 0.139 e. The number of H-pyrrole nitrogens is 1. The van der Waals surface area contributed by atoms with Gasteiger partial charge in [-0.05, 0) is 49.6 Å². The first-order chi connectivity index (χ1) is 13.7. The zero-order valence-electron chi connectivity index (χ0n) is 16.2. The molecule has 0 bridgehead atoms. The normalized spacial score (nSPS) is 17.1. The molecule has 0 spiro atoms. The van der Waals surface area contributed by atoms with Crippen LogP contribution in [0.3, 0.4) is 0 Å². The minimum Gasteiger partial charge on any atom is -0.341 e. The lowest BCUT2D eigenvalue weighted by Crippen LogP contribution is -2.30. The molecule has 2 aliphatic rings. The maximum atomic E-state index is 14.0. The number of nitrogens with one attached hydrogen (secondary N) is 2. The van der Waals surface area contributed by atoms with Gasteiger partial charge in [-0.2, -0.15) is 0 Å². The summed E-state index contributed by atoms with van der Waals surface area (Å²) in [6.45, 7) is 2.26. The largest absolute Gasteiger partial charge is 0.341 e. The highest BCUT2D eigenvalue weighted by atomic mass is 19.1. The van der Waals surface area contributed by atoms with Gasteiger partial charge in [0.05, 0.1) is 11.4 Å². The molecule has 2 N–H and O–H groups in total. The lowest BCUT2D eigenvalue weighted by atomic mass is 9.70. The van der Waals surface area contributed by atoms with E-state index in [9.17, 15) is 4.39 Å². The smallest absolute Gasteiger partial charge is 0.139 e. The van der Waals surface area contributed by atoms with Crippen molar-refractivity contribution >= 4 is 11.5 Å². The van der Waals surface area contributed by atoms with Gasteiger partial charge in [-0.3, -0.25) is 0 Å². The van der Waals surface area contributed by atoms with Crippen molar-refractivity contribution in [3.05, 3.63) is 48.2 Å². The van der Waals surface area contributed by atoms with Gasteiger partial charge in [-0.1, -0.05) is 32.6 Å². The van der Waals surface area contributed by atoms with E-state index in [0.717, 1.165) is 52.7 Å². The average molecular weight is 376 g/mol. The Balaban J connectivity index is 1.74. The van der Waals surface area contributed by atoms with Crippen LogP contribution >= 0.6 is 0 Å². The van der Waals surface area contributed by atoms with E-state index in [2.05, 4.69) is 22.2 Å². The number of aromatic nitrogens is 3. The third-order valence-electron chi connectivity index (χ3n) is 6.31. The summed E-state index contributed by atoms with van der Waals surface area (Å²) >= 11 is 0. The molecule has 0 amide bonds. The molecule has 28 heavy (non-hydrogen) atoms. The second kappa shape index (κ2) is 6.73. The van der Waals surface area contributed by atoms with E-state index >= 15 is 0 Å². The Morgan fingerprint density at radius 2 is 1.96 bits per heavy atom. The monoisotopic (exact) mass is 376 g/mol. The molecule has 1 aromatic carbocycles. The fourth-order valence-electron chi connectivity index (χ4n) is 4.99. The summed E-state index contributed by atoms with van der Waals surface area (Å²) in [5, 5.41) is 3.30. The van der Waals surface area contributed by atoms with Crippen molar-refractivity contribution < 1.29 is 4.39 Å². The van der Waals surface area contributed by atoms with Crippen LogP contribution < -0.4 is 5.32 Å². The number of imidazole rings is 1. The van der Waals surface area contributed by atoms with Crippen molar-refractivity contribution in [3.63, 3.8) is 0 Å². The number of hydrogen-bond donors (Lipinski definition) is 2. The Morgan fingerprint density at radius 3 is 2.79 bits per heavy atom. The number of anilines is 2. The van der Waals surface area contributed by atoms with E-state index in [1.165, 1.54) is 44.2 Å². The fourth-order valence-corrected chi connectivity index (χ4v) is 4.99. The molecule has 4 nitrogen and oxygen atoms in total. The molecule has 0 unspecified atom stereocenters. The molecule has 0 saturated heterocycles.